The van der Waals surface area contributed by atoms with Crippen LogP contribution in [0.4, 0.5) is 5.13 Å². The van der Waals surface area contributed by atoms with Gasteiger partial charge in [0.2, 0.25) is 0 Å². The van der Waals surface area contributed by atoms with Crippen molar-refractivity contribution in [1.29, 1.82) is 0 Å². The number of rotatable bonds is 5. The number of esters is 1. The second kappa shape index (κ2) is 7.63. The highest BCUT2D eigenvalue weighted by molar-refractivity contribution is 7.14. The van der Waals surface area contributed by atoms with Crippen LogP contribution in [-0.2, 0) is 9.53 Å². The molecule has 0 saturated carbocycles. The maximum Gasteiger partial charge on any atom is 0.359 e. The molecule has 7 nitrogen and oxygen atoms in total. The van der Waals surface area contributed by atoms with E-state index in [2.05, 4.69) is 20.3 Å². The molecule has 0 spiro atoms. The van der Waals surface area contributed by atoms with Crippen molar-refractivity contribution in [1.82, 2.24) is 15.0 Å². The van der Waals surface area contributed by atoms with Gasteiger partial charge in [-0.25, -0.2) is 14.8 Å². The van der Waals surface area contributed by atoms with Crippen molar-refractivity contribution < 1.29 is 14.3 Å². The molecule has 3 aromatic rings. The lowest BCUT2D eigenvalue weighted by atomic mass is 10.2. The first-order valence-corrected chi connectivity index (χ1v) is 8.26. The van der Waals surface area contributed by atoms with E-state index in [1.54, 1.807) is 6.92 Å². The smallest absolute Gasteiger partial charge is 0.359 e. The van der Waals surface area contributed by atoms with Crippen LogP contribution < -0.4 is 5.32 Å². The lowest BCUT2D eigenvalue weighted by Crippen LogP contribution is -2.21. The molecule has 0 aliphatic carbocycles. The first-order chi connectivity index (χ1) is 12.1. The van der Waals surface area contributed by atoms with Gasteiger partial charge in [-0.2, -0.15) is 0 Å². The van der Waals surface area contributed by atoms with Crippen molar-refractivity contribution in [3.05, 3.63) is 59.5 Å². The van der Waals surface area contributed by atoms with Gasteiger partial charge in [0, 0.05) is 17.1 Å². The van der Waals surface area contributed by atoms with Gasteiger partial charge in [-0.15, -0.1) is 11.3 Å². The number of aryl methyl sites for hydroxylation is 1. The van der Waals surface area contributed by atoms with Crippen LogP contribution >= 0.6 is 11.3 Å². The molecule has 0 bridgehead atoms. The summed E-state index contributed by atoms with van der Waals surface area (Å²) in [5.74, 6) is -1.17. The summed E-state index contributed by atoms with van der Waals surface area (Å²) in [5, 5.41) is 4.89. The third-order valence-corrected chi connectivity index (χ3v) is 3.90. The van der Waals surface area contributed by atoms with Crippen LogP contribution in [-0.4, -0.2) is 33.4 Å². The quantitative estimate of drug-likeness (QED) is 0.708. The Balaban J connectivity index is 1.54. The number of anilines is 1. The minimum absolute atomic E-state index is 0.0546. The van der Waals surface area contributed by atoms with Gasteiger partial charge in [0.25, 0.3) is 5.91 Å². The molecule has 8 heteroatoms. The van der Waals surface area contributed by atoms with Crippen LogP contribution in [0.5, 0.6) is 0 Å². The predicted octanol–water partition coefficient (Wildman–Crippen LogP) is 2.70. The Bertz CT molecular complexity index is 878. The molecule has 0 fully saturated rings. The molecule has 0 radical (unpaired) electrons. The fourth-order valence-corrected chi connectivity index (χ4v) is 2.67. The van der Waals surface area contributed by atoms with Crippen molar-refractivity contribution in [2.75, 3.05) is 11.9 Å². The van der Waals surface area contributed by atoms with Gasteiger partial charge in [-0.3, -0.25) is 15.1 Å². The van der Waals surface area contributed by atoms with Gasteiger partial charge in [0.15, 0.2) is 17.4 Å². The molecule has 126 valence electrons. The number of hydrogen-bond acceptors (Lipinski definition) is 7. The molecule has 2 aromatic heterocycles. The van der Waals surface area contributed by atoms with E-state index in [4.69, 9.17) is 4.74 Å². The van der Waals surface area contributed by atoms with Crippen molar-refractivity contribution in [3.63, 3.8) is 0 Å². The second-order valence-corrected chi connectivity index (χ2v) is 5.93. The molecule has 25 heavy (non-hydrogen) atoms. The lowest BCUT2D eigenvalue weighted by Gasteiger charge is -2.04. The van der Waals surface area contributed by atoms with Gasteiger partial charge in [0.05, 0.1) is 17.6 Å². The van der Waals surface area contributed by atoms with Crippen LogP contribution in [0.25, 0.3) is 11.3 Å². The molecule has 0 atom stereocenters. The molecule has 1 amide bonds. The molecule has 2 heterocycles. The highest BCUT2D eigenvalue weighted by atomic mass is 32.1. The number of carbonyl (C=O) groups excluding carboxylic acids is 2. The van der Waals surface area contributed by atoms with Crippen molar-refractivity contribution >= 4 is 28.3 Å². The molecule has 3 rings (SSSR count). The first-order valence-electron chi connectivity index (χ1n) is 7.38. The Morgan fingerprint density at radius 3 is 2.68 bits per heavy atom. The summed E-state index contributed by atoms with van der Waals surface area (Å²) in [7, 11) is 0. The summed E-state index contributed by atoms with van der Waals surface area (Å²) in [5.41, 5.74) is 2.47. The summed E-state index contributed by atoms with van der Waals surface area (Å²) < 4.78 is 4.92. The highest BCUT2D eigenvalue weighted by Gasteiger charge is 2.13. The van der Waals surface area contributed by atoms with E-state index in [-0.39, 0.29) is 5.69 Å². The van der Waals surface area contributed by atoms with Gasteiger partial charge in [-0.1, -0.05) is 30.3 Å². The predicted molar refractivity (Wildman–Crippen MR) is 93.2 cm³/mol. The Morgan fingerprint density at radius 2 is 1.96 bits per heavy atom. The Morgan fingerprint density at radius 1 is 1.16 bits per heavy atom. The monoisotopic (exact) mass is 354 g/mol. The van der Waals surface area contributed by atoms with E-state index in [9.17, 15) is 9.59 Å². The van der Waals surface area contributed by atoms with E-state index in [1.165, 1.54) is 23.7 Å². The zero-order chi connectivity index (χ0) is 17.6. The summed E-state index contributed by atoms with van der Waals surface area (Å²) in [6.07, 6.45) is 2.76. The number of ether oxygens (including phenoxy) is 1. The summed E-state index contributed by atoms with van der Waals surface area (Å²) in [6, 6.07) is 9.63. The number of hydrogen-bond donors (Lipinski definition) is 1. The molecule has 0 aliphatic heterocycles. The fourth-order valence-electron chi connectivity index (χ4n) is 1.93. The molecule has 1 aromatic carbocycles. The summed E-state index contributed by atoms with van der Waals surface area (Å²) in [6.45, 7) is 1.34. The third-order valence-electron chi connectivity index (χ3n) is 3.14. The maximum absolute atomic E-state index is 11.9. The molecular formula is C17H14N4O3S. The van der Waals surface area contributed by atoms with E-state index in [0.717, 1.165) is 11.3 Å². The Hall–Kier alpha value is -3.13. The van der Waals surface area contributed by atoms with Crippen LogP contribution in [0.3, 0.4) is 0 Å². The zero-order valence-electron chi connectivity index (χ0n) is 13.3. The molecule has 0 saturated heterocycles. The number of nitrogens with one attached hydrogen (secondary N) is 1. The normalized spacial score (nSPS) is 10.3. The van der Waals surface area contributed by atoms with E-state index >= 15 is 0 Å². The average molecular weight is 354 g/mol. The number of amides is 1. The number of thiazole rings is 1. The van der Waals surface area contributed by atoms with Crippen LogP contribution in [0.2, 0.25) is 0 Å². The van der Waals surface area contributed by atoms with Gasteiger partial charge in [0.1, 0.15) is 0 Å². The third kappa shape index (κ3) is 4.45. The number of carbonyl (C=O) groups is 2. The fraction of sp³-hybridized carbons (Fsp3) is 0.118. The summed E-state index contributed by atoms with van der Waals surface area (Å²) >= 11 is 1.30. The van der Waals surface area contributed by atoms with Crippen LogP contribution in [0.15, 0.2) is 48.1 Å². The molecular weight excluding hydrogens is 340 g/mol. The number of nitrogens with zero attached hydrogens (tertiary/aromatic N) is 3. The first kappa shape index (κ1) is 16.7. The number of aromatic nitrogens is 3. The van der Waals surface area contributed by atoms with E-state index in [0.29, 0.717) is 10.8 Å². The second-order valence-electron chi connectivity index (χ2n) is 5.07. The van der Waals surface area contributed by atoms with Crippen LogP contribution in [0.1, 0.15) is 16.2 Å². The van der Waals surface area contributed by atoms with Gasteiger partial charge >= 0.3 is 5.97 Å². The lowest BCUT2D eigenvalue weighted by molar-refractivity contribution is -0.119. The maximum atomic E-state index is 11.9. The van der Waals surface area contributed by atoms with Gasteiger partial charge < -0.3 is 4.74 Å². The topological polar surface area (TPSA) is 94.1 Å². The molecule has 0 unspecified atom stereocenters. The van der Waals surface area contributed by atoms with E-state index in [1.807, 2.05) is 35.7 Å². The van der Waals surface area contributed by atoms with Crippen LogP contribution in [0, 0.1) is 6.92 Å². The number of benzene rings is 1. The standard InChI is InChI=1S/C17H14N4O3S/c1-11-7-19-13(8-18-11)16(23)24-9-15(22)21-17-20-14(10-25-17)12-5-3-2-4-6-12/h2-8,10H,9H2,1H3,(H,20,21,22). The average Bonchev–Trinajstić information content (AvgIpc) is 3.09. The van der Waals surface area contributed by atoms with Crippen molar-refractivity contribution in [2.45, 2.75) is 6.92 Å². The minimum Gasteiger partial charge on any atom is -0.451 e. The minimum atomic E-state index is -0.702. The Labute approximate surface area is 147 Å². The molecule has 0 aliphatic rings. The van der Waals surface area contributed by atoms with Gasteiger partial charge in [-0.05, 0) is 6.92 Å². The largest absolute Gasteiger partial charge is 0.451 e. The van der Waals surface area contributed by atoms with E-state index < -0.39 is 18.5 Å². The highest BCUT2D eigenvalue weighted by Crippen LogP contribution is 2.24. The van der Waals surface area contributed by atoms with Crippen molar-refractivity contribution in [2.24, 2.45) is 0 Å². The SMILES string of the molecule is Cc1cnc(C(=O)OCC(=O)Nc2nc(-c3ccccc3)cs2)cn1. The van der Waals surface area contributed by atoms with Crippen molar-refractivity contribution in [3.8, 4) is 11.3 Å². The Kier molecular flexibility index (Phi) is 5.10. The molecule has 1 N–H and O–H groups in total. The zero-order valence-corrected chi connectivity index (χ0v) is 14.1. The summed E-state index contributed by atoms with van der Waals surface area (Å²) in [4.78, 5) is 35.9.